The second-order valence-corrected chi connectivity index (χ2v) is 4.54. The van der Waals surface area contributed by atoms with E-state index in [2.05, 4.69) is 10.3 Å². The van der Waals surface area contributed by atoms with Crippen LogP contribution in [0.25, 0.3) is 0 Å². The zero-order chi connectivity index (χ0) is 13.8. The van der Waals surface area contributed by atoms with Crippen LogP contribution in [0.4, 0.5) is 0 Å². The minimum atomic E-state index is -1.14. The molecule has 1 fully saturated rings. The average molecular weight is 264 g/mol. The molecule has 0 saturated heterocycles. The number of rotatable bonds is 6. The van der Waals surface area contributed by atoms with E-state index in [1.807, 2.05) is 0 Å². The molecule has 1 aliphatic rings. The van der Waals surface area contributed by atoms with Crippen molar-refractivity contribution in [3.63, 3.8) is 0 Å². The molecule has 2 N–H and O–H groups in total. The van der Waals surface area contributed by atoms with E-state index in [0.29, 0.717) is 11.7 Å². The SMILES string of the molecule is Cc1ccc(OCCC(=O)NC2CC2)c(C(=O)O)n1. The van der Waals surface area contributed by atoms with Crippen molar-refractivity contribution in [1.82, 2.24) is 10.3 Å². The third-order valence-corrected chi connectivity index (χ3v) is 2.73. The second kappa shape index (κ2) is 5.69. The molecule has 6 heteroatoms. The molecular formula is C13H16N2O4. The van der Waals surface area contributed by atoms with Gasteiger partial charge >= 0.3 is 5.97 Å². The number of carbonyl (C=O) groups excluding carboxylic acids is 1. The van der Waals surface area contributed by atoms with Crippen molar-refractivity contribution in [2.24, 2.45) is 0 Å². The molecule has 1 amide bonds. The summed E-state index contributed by atoms with van der Waals surface area (Å²) < 4.78 is 5.32. The van der Waals surface area contributed by atoms with Gasteiger partial charge in [0.15, 0.2) is 11.4 Å². The molecule has 1 aromatic heterocycles. The number of aryl methyl sites for hydroxylation is 1. The first-order chi connectivity index (χ1) is 9.06. The van der Waals surface area contributed by atoms with Gasteiger partial charge in [-0.05, 0) is 31.9 Å². The summed E-state index contributed by atoms with van der Waals surface area (Å²) in [6, 6.07) is 3.56. The molecule has 19 heavy (non-hydrogen) atoms. The van der Waals surface area contributed by atoms with Crippen molar-refractivity contribution in [3.05, 3.63) is 23.5 Å². The molecule has 0 radical (unpaired) electrons. The van der Waals surface area contributed by atoms with E-state index in [4.69, 9.17) is 9.84 Å². The first-order valence-corrected chi connectivity index (χ1v) is 6.19. The van der Waals surface area contributed by atoms with Gasteiger partial charge in [0, 0.05) is 11.7 Å². The monoisotopic (exact) mass is 264 g/mol. The fraction of sp³-hybridized carbons (Fsp3) is 0.462. The van der Waals surface area contributed by atoms with E-state index in [0.717, 1.165) is 12.8 Å². The van der Waals surface area contributed by atoms with Crippen LogP contribution < -0.4 is 10.1 Å². The van der Waals surface area contributed by atoms with E-state index < -0.39 is 5.97 Å². The van der Waals surface area contributed by atoms with Crippen LogP contribution in [-0.2, 0) is 4.79 Å². The maximum atomic E-state index is 11.4. The number of carbonyl (C=O) groups is 2. The zero-order valence-electron chi connectivity index (χ0n) is 10.7. The highest BCUT2D eigenvalue weighted by atomic mass is 16.5. The number of amides is 1. The van der Waals surface area contributed by atoms with Crippen LogP contribution in [0, 0.1) is 6.92 Å². The zero-order valence-corrected chi connectivity index (χ0v) is 10.7. The molecule has 1 aromatic rings. The minimum Gasteiger partial charge on any atom is -0.490 e. The summed E-state index contributed by atoms with van der Waals surface area (Å²) in [5.41, 5.74) is 0.485. The molecule has 0 aliphatic heterocycles. The van der Waals surface area contributed by atoms with Gasteiger partial charge in [0.1, 0.15) is 0 Å². The van der Waals surface area contributed by atoms with Crippen LogP contribution in [-0.4, -0.2) is 34.6 Å². The summed E-state index contributed by atoms with van der Waals surface area (Å²) in [5, 5.41) is 11.8. The fourth-order valence-electron chi connectivity index (χ4n) is 1.59. The third-order valence-electron chi connectivity index (χ3n) is 2.73. The third kappa shape index (κ3) is 3.94. The Kier molecular flexibility index (Phi) is 3.99. The Labute approximate surface area is 110 Å². The van der Waals surface area contributed by atoms with Crippen molar-refractivity contribution in [2.45, 2.75) is 32.2 Å². The number of hydrogen-bond acceptors (Lipinski definition) is 4. The number of ether oxygens (including phenoxy) is 1. The van der Waals surface area contributed by atoms with Gasteiger partial charge in [-0.2, -0.15) is 0 Å². The van der Waals surface area contributed by atoms with Crippen molar-refractivity contribution in [3.8, 4) is 5.75 Å². The predicted molar refractivity (Wildman–Crippen MR) is 67.2 cm³/mol. The van der Waals surface area contributed by atoms with Gasteiger partial charge in [-0.25, -0.2) is 9.78 Å². The quantitative estimate of drug-likeness (QED) is 0.804. The molecule has 0 bridgehead atoms. The van der Waals surface area contributed by atoms with Crippen LogP contribution in [0.1, 0.15) is 35.4 Å². The van der Waals surface area contributed by atoms with Crippen LogP contribution in [0.15, 0.2) is 12.1 Å². The number of pyridine rings is 1. The number of nitrogens with zero attached hydrogens (tertiary/aromatic N) is 1. The van der Waals surface area contributed by atoms with Crippen LogP contribution in [0.3, 0.4) is 0 Å². The lowest BCUT2D eigenvalue weighted by atomic mass is 10.3. The van der Waals surface area contributed by atoms with Crippen molar-refractivity contribution >= 4 is 11.9 Å². The van der Waals surface area contributed by atoms with Crippen LogP contribution >= 0.6 is 0 Å². The molecule has 2 rings (SSSR count). The van der Waals surface area contributed by atoms with E-state index in [1.165, 1.54) is 0 Å². The van der Waals surface area contributed by atoms with Gasteiger partial charge < -0.3 is 15.2 Å². The molecule has 1 saturated carbocycles. The average Bonchev–Trinajstić information content (AvgIpc) is 3.14. The Morgan fingerprint density at radius 1 is 1.47 bits per heavy atom. The molecule has 0 aromatic carbocycles. The summed E-state index contributed by atoms with van der Waals surface area (Å²) in [6.07, 6.45) is 2.29. The Morgan fingerprint density at radius 2 is 2.21 bits per heavy atom. The number of hydrogen-bond donors (Lipinski definition) is 2. The number of aromatic nitrogens is 1. The van der Waals surface area contributed by atoms with Gasteiger partial charge in [-0.1, -0.05) is 0 Å². The van der Waals surface area contributed by atoms with Crippen LogP contribution in [0.2, 0.25) is 0 Å². The highest BCUT2D eigenvalue weighted by Gasteiger charge is 2.23. The Balaban J connectivity index is 1.87. The molecule has 1 aliphatic carbocycles. The van der Waals surface area contributed by atoms with E-state index >= 15 is 0 Å². The Bertz CT molecular complexity index is 497. The van der Waals surface area contributed by atoms with E-state index in [-0.39, 0.29) is 30.4 Å². The van der Waals surface area contributed by atoms with E-state index in [1.54, 1.807) is 19.1 Å². The minimum absolute atomic E-state index is 0.0700. The molecule has 6 nitrogen and oxygen atoms in total. The molecule has 1 heterocycles. The lowest BCUT2D eigenvalue weighted by molar-refractivity contribution is -0.121. The molecule has 0 spiro atoms. The topological polar surface area (TPSA) is 88.5 Å². The maximum Gasteiger partial charge on any atom is 0.358 e. The normalized spacial score (nSPS) is 13.9. The molecule has 102 valence electrons. The summed E-state index contributed by atoms with van der Waals surface area (Å²) in [5.74, 6) is -1.02. The first kappa shape index (κ1) is 13.3. The fourth-order valence-corrected chi connectivity index (χ4v) is 1.59. The van der Waals surface area contributed by atoms with Crippen LogP contribution in [0.5, 0.6) is 5.75 Å². The molecule has 0 atom stereocenters. The van der Waals surface area contributed by atoms with Gasteiger partial charge in [-0.3, -0.25) is 4.79 Å². The summed E-state index contributed by atoms with van der Waals surface area (Å²) in [6.45, 7) is 1.85. The van der Waals surface area contributed by atoms with Gasteiger partial charge in [0.05, 0.1) is 13.0 Å². The number of nitrogens with one attached hydrogen (secondary N) is 1. The molecule has 0 unspecified atom stereocenters. The lowest BCUT2D eigenvalue weighted by Crippen LogP contribution is -2.26. The van der Waals surface area contributed by atoms with Crippen molar-refractivity contribution in [1.29, 1.82) is 0 Å². The standard InChI is InChI=1S/C13H16N2O4/c1-8-2-5-10(12(14-8)13(17)18)19-7-6-11(16)15-9-3-4-9/h2,5,9H,3-4,6-7H2,1H3,(H,15,16)(H,17,18). The second-order valence-electron chi connectivity index (χ2n) is 4.54. The van der Waals surface area contributed by atoms with Gasteiger partial charge in [0.25, 0.3) is 0 Å². The van der Waals surface area contributed by atoms with E-state index in [9.17, 15) is 9.59 Å². The predicted octanol–water partition coefficient (Wildman–Crippen LogP) is 1.14. The first-order valence-electron chi connectivity index (χ1n) is 6.19. The summed E-state index contributed by atoms with van der Waals surface area (Å²) >= 11 is 0. The van der Waals surface area contributed by atoms with Crippen molar-refractivity contribution < 1.29 is 19.4 Å². The van der Waals surface area contributed by atoms with Gasteiger partial charge in [-0.15, -0.1) is 0 Å². The highest BCUT2D eigenvalue weighted by molar-refractivity contribution is 5.88. The summed E-state index contributed by atoms with van der Waals surface area (Å²) in [4.78, 5) is 26.3. The Morgan fingerprint density at radius 3 is 2.84 bits per heavy atom. The largest absolute Gasteiger partial charge is 0.490 e. The number of carboxylic acids is 1. The summed E-state index contributed by atoms with van der Waals surface area (Å²) in [7, 11) is 0. The highest BCUT2D eigenvalue weighted by Crippen LogP contribution is 2.19. The number of aromatic carboxylic acids is 1. The molecular weight excluding hydrogens is 248 g/mol. The van der Waals surface area contributed by atoms with Gasteiger partial charge in [0.2, 0.25) is 5.91 Å². The Hall–Kier alpha value is -2.11. The maximum absolute atomic E-state index is 11.4. The van der Waals surface area contributed by atoms with Crippen molar-refractivity contribution in [2.75, 3.05) is 6.61 Å². The smallest absolute Gasteiger partial charge is 0.358 e. The number of carboxylic acid groups (broad SMARTS) is 1. The lowest BCUT2D eigenvalue weighted by Gasteiger charge is -2.09.